The van der Waals surface area contributed by atoms with Crippen LogP contribution >= 0.6 is 0 Å². The Kier molecular flexibility index (Phi) is 5.89. The summed E-state index contributed by atoms with van der Waals surface area (Å²) >= 11 is 0. The zero-order valence-corrected chi connectivity index (χ0v) is 21.6. The van der Waals surface area contributed by atoms with E-state index in [4.69, 9.17) is 4.74 Å². The first-order chi connectivity index (χ1) is 18.5. The molecule has 2 aromatic rings. The van der Waals surface area contributed by atoms with Gasteiger partial charge in [-0.15, -0.1) is 6.58 Å². The van der Waals surface area contributed by atoms with Crippen LogP contribution in [0, 0.1) is 0 Å². The number of benzene rings is 2. The molecule has 39 heavy (non-hydrogen) atoms. The van der Waals surface area contributed by atoms with Gasteiger partial charge in [0.25, 0.3) is 0 Å². The lowest BCUT2D eigenvalue weighted by Gasteiger charge is -2.64. The number of aromatic hydroxyl groups is 1. The van der Waals surface area contributed by atoms with Gasteiger partial charge in [-0.05, 0) is 61.2 Å². The zero-order valence-electron chi connectivity index (χ0n) is 21.6. The van der Waals surface area contributed by atoms with Gasteiger partial charge in [0.05, 0.1) is 16.6 Å². The molecule has 4 aliphatic rings. The second-order valence-corrected chi connectivity index (χ2v) is 11.2. The number of ether oxygens (including phenoxy) is 1. The van der Waals surface area contributed by atoms with E-state index in [2.05, 4.69) is 11.5 Å². The minimum absolute atomic E-state index is 0.0526. The maximum atomic E-state index is 13.2. The number of halogens is 3. The van der Waals surface area contributed by atoms with Crippen LogP contribution < -0.4 is 4.74 Å². The Bertz CT molecular complexity index is 1370. The summed E-state index contributed by atoms with van der Waals surface area (Å²) in [5.41, 5.74) is -0.439. The molecule has 0 aromatic heterocycles. The van der Waals surface area contributed by atoms with Crippen LogP contribution in [0.3, 0.4) is 0 Å². The van der Waals surface area contributed by atoms with E-state index >= 15 is 0 Å². The van der Waals surface area contributed by atoms with Crippen molar-refractivity contribution in [3.63, 3.8) is 0 Å². The molecule has 1 saturated heterocycles. The number of hydrogen-bond acceptors (Lipinski definition) is 5. The predicted molar refractivity (Wildman–Crippen MR) is 139 cm³/mol. The fraction of sp³-hybridized carbons (Fsp3) is 0.433. The van der Waals surface area contributed by atoms with Crippen molar-refractivity contribution in [3.8, 4) is 11.5 Å². The summed E-state index contributed by atoms with van der Waals surface area (Å²) in [4.78, 5) is 17.0. The SMILES string of the molecule is C=CCN1CC[C@]23c4c5ccc(O)c4OC2CC(N(C)C(=O)/C=C/c2cccc(C(F)(F)F)c2)C[C@@]3(O)[C@H]1C5. The van der Waals surface area contributed by atoms with Crippen molar-refractivity contribution < 1.29 is 32.9 Å². The number of amides is 1. The van der Waals surface area contributed by atoms with Crippen molar-refractivity contribution in [1.82, 2.24) is 9.80 Å². The lowest BCUT2D eigenvalue weighted by atomic mass is 9.48. The first-order valence-corrected chi connectivity index (χ1v) is 13.2. The Hall–Kier alpha value is -3.30. The van der Waals surface area contributed by atoms with E-state index in [1.54, 1.807) is 18.0 Å². The van der Waals surface area contributed by atoms with Gasteiger partial charge in [0.1, 0.15) is 6.10 Å². The molecule has 6 nitrogen and oxygen atoms in total. The van der Waals surface area contributed by atoms with Gasteiger partial charge < -0.3 is 19.8 Å². The molecular formula is C30H31F3N2O4. The average Bonchev–Trinajstić information content (AvgIpc) is 3.23. The molecule has 0 radical (unpaired) electrons. The maximum Gasteiger partial charge on any atom is 0.416 e. The highest BCUT2D eigenvalue weighted by Crippen LogP contribution is 2.65. The van der Waals surface area contributed by atoms with Crippen LogP contribution in [-0.2, 0) is 22.8 Å². The summed E-state index contributed by atoms with van der Waals surface area (Å²) in [6, 6.07) is 7.78. The molecule has 2 fully saturated rings. The van der Waals surface area contributed by atoms with Crippen molar-refractivity contribution in [2.45, 2.75) is 61.1 Å². The number of carbonyl (C=O) groups excluding carboxylic acids is 1. The van der Waals surface area contributed by atoms with Crippen LogP contribution in [0.15, 0.2) is 55.1 Å². The Morgan fingerprint density at radius 2 is 2.10 bits per heavy atom. The zero-order chi connectivity index (χ0) is 27.7. The summed E-state index contributed by atoms with van der Waals surface area (Å²) < 4.78 is 45.7. The van der Waals surface area contributed by atoms with Gasteiger partial charge in [-0.3, -0.25) is 9.69 Å². The quantitative estimate of drug-likeness (QED) is 0.437. The van der Waals surface area contributed by atoms with E-state index < -0.39 is 28.9 Å². The number of nitrogens with zero attached hydrogens (tertiary/aromatic N) is 2. The van der Waals surface area contributed by atoms with Crippen molar-refractivity contribution in [1.29, 1.82) is 0 Å². The third-order valence-corrected chi connectivity index (χ3v) is 9.37. The van der Waals surface area contributed by atoms with E-state index in [0.717, 1.165) is 29.8 Å². The van der Waals surface area contributed by atoms with E-state index in [1.807, 2.05) is 12.1 Å². The van der Waals surface area contributed by atoms with Crippen molar-refractivity contribution in [3.05, 3.63) is 77.4 Å². The second kappa shape index (κ2) is 8.86. The maximum absolute atomic E-state index is 13.2. The van der Waals surface area contributed by atoms with Crippen LogP contribution in [0.5, 0.6) is 11.5 Å². The number of likely N-dealkylation sites (tertiary alicyclic amines) is 1. The number of aliphatic hydroxyl groups is 1. The molecular weight excluding hydrogens is 509 g/mol. The largest absolute Gasteiger partial charge is 0.504 e. The van der Waals surface area contributed by atoms with Crippen molar-refractivity contribution in [2.75, 3.05) is 20.1 Å². The second-order valence-electron chi connectivity index (χ2n) is 11.2. The van der Waals surface area contributed by atoms with Gasteiger partial charge in [-0.1, -0.05) is 24.3 Å². The Morgan fingerprint density at radius 1 is 1.31 bits per heavy atom. The molecule has 2 aliphatic heterocycles. The molecule has 2 bridgehead atoms. The smallest absolute Gasteiger partial charge is 0.416 e. The summed E-state index contributed by atoms with van der Waals surface area (Å²) in [7, 11) is 1.65. The highest BCUT2D eigenvalue weighted by Gasteiger charge is 2.72. The highest BCUT2D eigenvalue weighted by molar-refractivity contribution is 5.92. The van der Waals surface area contributed by atoms with Crippen LogP contribution in [-0.4, -0.2) is 69.8 Å². The van der Waals surface area contributed by atoms with Gasteiger partial charge in [-0.25, -0.2) is 0 Å². The Balaban J connectivity index is 1.31. The molecule has 9 heteroatoms. The minimum atomic E-state index is -4.47. The lowest BCUT2D eigenvalue weighted by Crippen LogP contribution is -2.77. The summed E-state index contributed by atoms with van der Waals surface area (Å²) in [6.45, 7) is 5.27. The Labute approximate surface area is 225 Å². The standard InChI is InChI=1S/C30H31F3N2O4/c1-3-12-35-13-11-28-24-16-21(34(2)25(37)10-7-18-5-4-6-20(14-18)30(31,32)33)17-29(28,38)23(35)15-19-8-9-22(36)27(39-24)26(19)28/h3-10,14,21,23-24,36,38H,1,11-13,15-17H2,2H3/b10-7+/t21?,23-,24?,28-,29-/m1/s1. The molecule has 2 N–H and O–H groups in total. The fourth-order valence-corrected chi connectivity index (χ4v) is 7.59. The summed E-state index contributed by atoms with van der Waals surface area (Å²) in [6.07, 6.45) is 1.60. The van der Waals surface area contributed by atoms with Crippen LogP contribution in [0.25, 0.3) is 6.08 Å². The third kappa shape index (κ3) is 3.73. The first-order valence-electron chi connectivity index (χ1n) is 13.2. The molecule has 2 unspecified atom stereocenters. The Morgan fingerprint density at radius 3 is 2.85 bits per heavy atom. The highest BCUT2D eigenvalue weighted by atomic mass is 19.4. The van der Waals surface area contributed by atoms with Crippen molar-refractivity contribution in [2.24, 2.45) is 0 Å². The first kappa shape index (κ1) is 26.0. The third-order valence-electron chi connectivity index (χ3n) is 9.37. The fourth-order valence-electron chi connectivity index (χ4n) is 7.59. The molecule has 5 atom stereocenters. The molecule has 2 heterocycles. The number of carbonyl (C=O) groups is 1. The molecule has 1 spiro atoms. The number of alkyl halides is 3. The van der Waals surface area contributed by atoms with Crippen LogP contribution in [0.2, 0.25) is 0 Å². The van der Waals surface area contributed by atoms with E-state index in [-0.39, 0.29) is 29.3 Å². The number of piperidine rings is 1. The van der Waals surface area contributed by atoms with Gasteiger partial charge in [-0.2, -0.15) is 13.2 Å². The summed E-state index contributed by atoms with van der Waals surface area (Å²) in [5.74, 6) is 0.113. The van der Waals surface area contributed by atoms with Crippen LogP contribution in [0.4, 0.5) is 13.2 Å². The van der Waals surface area contributed by atoms with Crippen LogP contribution in [0.1, 0.15) is 41.5 Å². The average molecular weight is 541 g/mol. The molecule has 206 valence electrons. The topological polar surface area (TPSA) is 73.2 Å². The number of phenols is 1. The van der Waals surface area contributed by atoms with E-state index in [9.17, 15) is 28.2 Å². The summed E-state index contributed by atoms with van der Waals surface area (Å²) in [5, 5.41) is 23.3. The number of phenolic OH excluding ortho intramolecular Hbond substituents is 1. The molecule has 6 rings (SSSR count). The monoisotopic (exact) mass is 540 g/mol. The van der Waals surface area contributed by atoms with Gasteiger partial charge >= 0.3 is 6.18 Å². The molecule has 1 amide bonds. The predicted octanol–water partition coefficient (Wildman–Crippen LogP) is 4.29. The number of rotatable bonds is 5. The number of hydrogen-bond donors (Lipinski definition) is 2. The normalized spacial score (nSPS) is 31.1. The molecule has 1 saturated carbocycles. The minimum Gasteiger partial charge on any atom is -0.504 e. The molecule has 2 aliphatic carbocycles. The lowest BCUT2D eigenvalue weighted by molar-refractivity contribution is -0.196. The van der Waals surface area contributed by atoms with Gasteiger partial charge in [0, 0.05) is 43.7 Å². The van der Waals surface area contributed by atoms with E-state index in [1.165, 1.54) is 24.3 Å². The molecule has 2 aromatic carbocycles. The van der Waals surface area contributed by atoms with Gasteiger partial charge in [0.15, 0.2) is 11.5 Å². The van der Waals surface area contributed by atoms with E-state index in [0.29, 0.717) is 38.0 Å². The van der Waals surface area contributed by atoms with Gasteiger partial charge in [0.2, 0.25) is 5.91 Å². The number of likely N-dealkylation sites (N-methyl/N-ethyl adjacent to an activating group) is 1. The van der Waals surface area contributed by atoms with Crippen molar-refractivity contribution >= 4 is 12.0 Å².